The van der Waals surface area contributed by atoms with E-state index in [1.54, 1.807) is 27.8 Å². The topological polar surface area (TPSA) is 0 Å². The summed E-state index contributed by atoms with van der Waals surface area (Å²) in [5, 5.41) is 0. The number of aryl methyl sites for hydroxylation is 2. The minimum Gasteiger partial charge on any atom is -0.728 e. The summed E-state index contributed by atoms with van der Waals surface area (Å²) < 4.78 is 0. The van der Waals surface area contributed by atoms with Crippen LogP contribution in [0.5, 0.6) is 0 Å². The van der Waals surface area contributed by atoms with Crippen molar-refractivity contribution >= 4 is 0 Å². The molecule has 0 heterocycles. The SMILES string of the molecule is CC[c-]1[c-](CC)[c-](CC)[c-](CC)[c-]1CC.CCc1cc[c-](CC)c1.[Fe]. The van der Waals surface area contributed by atoms with Crippen molar-refractivity contribution in [1.82, 2.24) is 0 Å². The predicted octanol–water partition coefficient (Wildman–Crippen LogP) is 6.75. The first-order chi connectivity index (χ1) is 11.6. The van der Waals surface area contributed by atoms with Gasteiger partial charge in [0.1, 0.15) is 0 Å². The monoisotopic (exact) mass is 382 g/mol. The second-order valence-corrected chi connectivity index (χ2v) is 6.50. The van der Waals surface area contributed by atoms with Crippen LogP contribution in [0.15, 0.2) is 18.2 Å². The molecule has 25 heavy (non-hydrogen) atoms. The zero-order chi connectivity index (χ0) is 18.1. The molecule has 2 rings (SSSR count). The van der Waals surface area contributed by atoms with E-state index in [2.05, 4.69) is 66.7 Å². The van der Waals surface area contributed by atoms with Gasteiger partial charge in [0.2, 0.25) is 0 Å². The Balaban J connectivity index is 0.000000495. The fourth-order valence-electron chi connectivity index (χ4n) is 4.03. The summed E-state index contributed by atoms with van der Waals surface area (Å²) >= 11 is 0. The van der Waals surface area contributed by atoms with Crippen molar-refractivity contribution in [3.8, 4) is 0 Å². The average molecular weight is 382 g/mol. The Bertz CT molecular complexity index is 487. The minimum absolute atomic E-state index is 0. The van der Waals surface area contributed by atoms with E-state index in [1.165, 1.54) is 56.1 Å². The van der Waals surface area contributed by atoms with Gasteiger partial charge in [0.25, 0.3) is 0 Å². The van der Waals surface area contributed by atoms with E-state index < -0.39 is 0 Å². The summed E-state index contributed by atoms with van der Waals surface area (Å²) in [6.45, 7) is 15.9. The van der Waals surface area contributed by atoms with Gasteiger partial charge in [-0.1, -0.05) is 61.3 Å². The van der Waals surface area contributed by atoms with Gasteiger partial charge in [0.15, 0.2) is 0 Å². The van der Waals surface area contributed by atoms with E-state index in [0.29, 0.717) is 0 Å². The average Bonchev–Trinajstić information content (AvgIpc) is 3.22. The molecular formula is C24H38Fe-6. The molecule has 148 valence electrons. The molecule has 0 fully saturated rings. The molecule has 0 spiro atoms. The first-order valence-electron chi connectivity index (χ1n) is 10.2. The Hall–Kier alpha value is -0.781. The quantitative estimate of drug-likeness (QED) is 0.367. The van der Waals surface area contributed by atoms with Crippen LogP contribution in [0.3, 0.4) is 0 Å². The van der Waals surface area contributed by atoms with Crippen LogP contribution < -0.4 is 0 Å². The van der Waals surface area contributed by atoms with E-state index in [9.17, 15) is 0 Å². The van der Waals surface area contributed by atoms with Gasteiger partial charge in [0.05, 0.1) is 0 Å². The maximum absolute atomic E-state index is 2.30. The van der Waals surface area contributed by atoms with Gasteiger partial charge in [-0.05, 0) is 0 Å². The van der Waals surface area contributed by atoms with Crippen LogP contribution in [0.1, 0.15) is 87.4 Å². The van der Waals surface area contributed by atoms with E-state index >= 15 is 0 Å². The third kappa shape index (κ3) is 5.87. The number of rotatable bonds is 7. The Kier molecular flexibility index (Phi) is 12.2. The van der Waals surface area contributed by atoms with Gasteiger partial charge in [0, 0.05) is 17.1 Å². The van der Waals surface area contributed by atoms with Crippen molar-refractivity contribution in [3.05, 3.63) is 57.1 Å². The minimum atomic E-state index is 0. The second kappa shape index (κ2) is 12.6. The van der Waals surface area contributed by atoms with Crippen molar-refractivity contribution in [2.24, 2.45) is 0 Å². The van der Waals surface area contributed by atoms with Crippen molar-refractivity contribution in [2.75, 3.05) is 0 Å². The van der Waals surface area contributed by atoms with Crippen LogP contribution >= 0.6 is 0 Å². The Labute approximate surface area is 167 Å². The Morgan fingerprint density at radius 2 is 0.960 bits per heavy atom. The van der Waals surface area contributed by atoms with Gasteiger partial charge in [-0.3, -0.25) is 0 Å². The molecule has 0 nitrogen and oxygen atoms in total. The molecule has 0 unspecified atom stereocenters. The molecule has 0 amide bonds. The van der Waals surface area contributed by atoms with Crippen LogP contribution in [0.25, 0.3) is 0 Å². The van der Waals surface area contributed by atoms with Crippen molar-refractivity contribution in [2.45, 2.75) is 93.4 Å². The molecule has 0 aliphatic rings. The summed E-state index contributed by atoms with van der Waals surface area (Å²) in [5.41, 5.74) is 11.2. The molecule has 0 N–H and O–H groups in total. The molecule has 0 bridgehead atoms. The molecular weight excluding hydrogens is 344 g/mol. The maximum Gasteiger partial charge on any atom is 0 e. The van der Waals surface area contributed by atoms with Crippen LogP contribution in [-0.4, -0.2) is 0 Å². The van der Waals surface area contributed by atoms with E-state index in [1.807, 2.05) is 0 Å². The molecule has 0 saturated heterocycles. The molecule has 2 aromatic carbocycles. The van der Waals surface area contributed by atoms with Crippen LogP contribution in [0.4, 0.5) is 0 Å². The molecule has 0 saturated carbocycles. The van der Waals surface area contributed by atoms with E-state index in [0.717, 1.165) is 0 Å². The van der Waals surface area contributed by atoms with Gasteiger partial charge in [-0.25, -0.2) is 38.2 Å². The van der Waals surface area contributed by atoms with Gasteiger partial charge in [-0.2, -0.15) is 23.3 Å². The fourth-order valence-corrected chi connectivity index (χ4v) is 4.03. The zero-order valence-corrected chi connectivity index (χ0v) is 18.6. The van der Waals surface area contributed by atoms with E-state index in [-0.39, 0.29) is 17.1 Å². The fraction of sp³-hybridized carbons (Fsp3) is 0.583. The summed E-state index contributed by atoms with van der Waals surface area (Å²) in [6.07, 6.45) is 8.37. The maximum atomic E-state index is 2.30. The standard InChI is InChI=1S/C15H25.C9H13.Fe/c1-6-11-12(7-2)14(9-4)15(10-5)13(11)8-3;1-3-8-5-6-9(4-2)7-8;/h6-10H2,1-5H3;5-7H,3-4H2,1-2H3;/q-5;-1;. The third-order valence-electron chi connectivity index (χ3n) is 5.29. The number of hydrogen-bond acceptors (Lipinski definition) is 0. The first kappa shape index (κ1) is 24.2. The van der Waals surface area contributed by atoms with Crippen LogP contribution in [-0.2, 0) is 62.0 Å². The zero-order valence-electron chi connectivity index (χ0n) is 17.5. The van der Waals surface area contributed by atoms with Crippen molar-refractivity contribution in [1.29, 1.82) is 0 Å². The van der Waals surface area contributed by atoms with Gasteiger partial charge in [-0.15, -0.1) is 0 Å². The molecule has 0 aliphatic carbocycles. The third-order valence-corrected chi connectivity index (χ3v) is 5.29. The molecule has 0 aliphatic heterocycles. The first-order valence-corrected chi connectivity index (χ1v) is 10.2. The van der Waals surface area contributed by atoms with Crippen molar-refractivity contribution in [3.63, 3.8) is 0 Å². The molecule has 2 aromatic rings. The Morgan fingerprint density at radius 1 is 0.600 bits per heavy atom. The van der Waals surface area contributed by atoms with Gasteiger partial charge >= 0.3 is 0 Å². The van der Waals surface area contributed by atoms with E-state index in [4.69, 9.17) is 0 Å². The summed E-state index contributed by atoms with van der Waals surface area (Å²) in [6, 6.07) is 6.69. The molecule has 0 atom stereocenters. The molecule has 0 aromatic heterocycles. The Morgan fingerprint density at radius 3 is 1.12 bits per heavy atom. The van der Waals surface area contributed by atoms with Gasteiger partial charge < -0.3 is 27.8 Å². The van der Waals surface area contributed by atoms with Crippen LogP contribution in [0, 0.1) is 0 Å². The largest absolute Gasteiger partial charge is 0.728 e. The van der Waals surface area contributed by atoms with Crippen molar-refractivity contribution < 1.29 is 17.1 Å². The normalized spacial score (nSPS) is 10.2. The number of hydrogen-bond donors (Lipinski definition) is 0. The smallest absolute Gasteiger partial charge is 0 e. The summed E-state index contributed by atoms with van der Waals surface area (Å²) in [7, 11) is 0. The second-order valence-electron chi connectivity index (χ2n) is 6.50. The molecule has 0 radical (unpaired) electrons. The molecule has 1 heteroatoms. The summed E-state index contributed by atoms with van der Waals surface area (Å²) in [5.74, 6) is 0. The van der Waals surface area contributed by atoms with Crippen LogP contribution in [0.2, 0.25) is 0 Å². The summed E-state index contributed by atoms with van der Waals surface area (Å²) in [4.78, 5) is 0. The predicted molar refractivity (Wildman–Crippen MR) is 110 cm³/mol.